The fourth-order valence-electron chi connectivity index (χ4n) is 4.03. The van der Waals surface area contributed by atoms with Crippen molar-refractivity contribution >= 4 is 15.9 Å². The van der Waals surface area contributed by atoms with Crippen molar-refractivity contribution in [2.24, 2.45) is 0 Å². The van der Waals surface area contributed by atoms with Crippen LogP contribution >= 0.6 is 0 Å². The summed E-state index contributed by atoms with van der Waals surface area (Å²) in [4.78, 5) is 21.7. The van der Waals surface area contributed by atoms with E-state index in [1.165, 1.54) is 17.7 Å². The topological polar surface area (TPSA) is 109 Å². The normalized spacial score (nSPS) is 16.0. The van der Waals surface area contributed by atoms with E-state index in [1.54, 1.807) is 30.9 Å². The van der Waals surface area contributed by atoms with E-state index < -0.39 is 10.0 Å². The Morgan fingerprint density at radius 1 is 0.971 bits per heavy atom. The van der Waals surface area contributed by atoms with Crippen molar-refractivity contribution in [3.05, 3.63) is 65.5 Å². The summed E-state index contributed by atoms with van der Waals surface area (Å²) < 4.78 is 32.7. The summed E-state index contributed by atoms with van der Waals surface area (Å²) in [6, 6.07) is 13.8. The van der Waals surface area contributed by atoms with Gasteiger partial charge in [0.1, 0.15) is 0 Å². The molecule has 186 valence electrons. The molecule has 1 N–H and O–H groups in total. The largest absolute Gasteiger partial charge is 0.337 e. The maximum atomic E-state index is 13.0. The predicted octanol–water partition coefficient (Wildman–Crippen LogP) is 3.25. The van der Waals surface area contributed by atoms with E-state index in [9.17, 15) is 13.2 Å². The van der Waals surface area contributed by atoms with Crippen molar-refractivity contribution in [1.82, 2.24) is 24.7 Å². The highest BCUT2D eigenvalue weighted by Crippen LogP contribution is 2.24. The van der Waals surface area contributed by atoms with Crippen molar-refractivity contribution in [3.63, 3.8) is 0 Å². The second kappa shape index (κ2) is 10.3. The first-order chi connectivity index (χ1) is 16.6. The second-order valence-electron chi connectivity index (χ2n) is 9.13. The third-order valence-electron chi connectivity index (χ3n) is 6.06. The molecule has 35 heavy (non-hydrogen) atoms. The number of sulfonamides is 1. The Hall–Kier alpha value is -3.08. The SMILES string of the molecule is Cc1ccc(-c2noc([C@@H](C)N3CCN(C(=O)c4ccc(S(=O)(=O)NC(C)C)cc4)CC3)n2)cc1. The monoisotopic (exact) mass is 497 g/mol. The summed E-state index contributed by atoms with van der Waals surface area (Å²) in [5, 5.41) is 4.13. The first-order valence-corrected chi connectivity index (χ1v) is 13.2. The minimum atomic E-state index is -3.59. The van der Waals surface area contributed by atoms with Crippen LogP contribution < -0.4 is 4.72 Å². The van der Waals surface area contributed by atoms with Gasteiger partial charge >= 0.3 is 0 Å². The van der Waals surface area contributed by atoms with Crippen molar-refractivity contribution in [3.8, 4) is 11.4 Å². The van der Waals surface area contributed by atoms with Crippen molar-refractivity contribution < 1.29 is 17.7 Å². The van der Waals surface area contributed by atoms with Gasteiger partial charge in [-0.2, -0.15) is 4.98 Å². The molecule has 1 amide bonds. The summed E-state index contributed by atoms with van der Waals surface area (Å²) in [6.07, 6.45) is 0. The van der Waals surface area contributed by atoms with Gasteiger partial charge < -0.3 is 9.42 Å². The van der Waals surface area contributed by atoms with Gasteiger partial charge in [0, 0.05) is 43.3 Å². The van der Waals surface area contributed by atoms with Gasteiger partial charge in [0.05, 0.1) is 10.9 Å². The molecule has 9 nitrogen and oxygen atoms in total. The average Bonchev–Trinajstić information content (AvgIpc) is 3.33. The molecular weight excluding hydrogens is 466 g/mol. The number of nitrogens with zero attached hydrogens (tertiary/aromatic N) is 4. The maximum absolute atomic E-state index is 13.0. The molecule has 4 rings (SSSR count). The van der Waals surface area contributed by atoms with E-state index in [0.717, 1.165) is 5.56 Å². The number of hydrogen-bond donors (Lipinski definition) is 1. The van der Waals surface area contributed by atoms with Crippen LogP contribution in [-0.2, 0) is 10.0 Å². The first-order valence-electron chi connectivity index (χ1n) is 11.7. The van der Waals surface area contributed by atoms with Crippen LogP contribution in [-0.4, -0.2) is 66.5 Å². The zero-order valence-electron chi connectivity index (χ0n) is 20.4. The molecule has 1 fully saturated rings. The first kappa shape index (κ1) is 25.0. The number of nitrogens with one attached hydrogen (secondary N) is 1. The van der Waals surface area contributed by atoms with Crippen molar-refractivity contribution in [2.45, 2.75) is 44.7 Å². The van der Waals surface area contributed by atoms with Gasteiger partial charge in [0.2, 0.25) is 21.7 Å². The van der Waals surface area contributed by atoms with Crippen LogP contribution in [0.25, 0.3) is 11.4 Å². The van der Waals surface area contributed by atoms with E-state index in [2.05, 4.69) is 19.8 Å². The number of aromatic nitrogens is 2. The number of carbonyl (C=O) groups is 1. The number of carbonyl (C=O) groups excluding carboxylic acids is 1. The second-order valence-corrected chi connectivity index (χ2v) is 10.8. The minimum absolute atomic E-state index is 0.0723. The molecule has 3 aromatic rings. The minimum Gasteiger partial charge on any atom is -0.337 e. The highest BCUT2D eigenvalue weighted by atomic mass is 32.2. The Bertz CT molecular complexity index is 1260. The van der Waals surface area contributed by atoms with Gasteiger partial charge in [-0.15, -0.1) is 0 Å². The van der Waals surface area contributed by atoms with Crippen molar-refractivity contribution in [1.29, 1.82) is 0 Å². The molecule has 0 radical (unpaired) electrons. The lowest BCUT2D eigenvalue weighted by Gasteiger charge is -2.36. The molecule has 1 aromatic heterocycles. The quantitative estimate of drug-likeness (QED) is 0.534. The van der Waals surface area contributed by atoms with Crippen LogP contribution in [0.4, 0.5) is 0 Å². The Morgan fingerprint density at radius 3 is 2.20 bits per heavy atom. The van der Waals surface area contributed by atoms with Crippen LogP contribution in [0.15, 0.2) is 57.9 Å². The zero-order chi connectivity index (χ0) is 25.2. The molecule has 10 heteroatoms. The molecule has 2 heterocycles. The lowest BCUT2D eigenvalue weighted by atomic mass is 10.1. The number of hydrogen-bond acceptors (Lipinski definition) is 7. The summed E-state index contributed by atoms with van der Waals surface area (Å²) in [5.41, 5.74) is 2.55. The zero-order valence-corrected chi connectivity index (χ0v) is 21.2. The lowest BCUT2D eigenvalue weighted by molar-refractivity contribution is 0.0551. The predicted molar refractivity (Wildman–Crippen MR) is 132 cm³/mol. The maximum Gasteiger partial charge on any atom is 0.253 e. The molecule has 1 saturated heterocycles. The number of benzene rings is 2. The van der Waals surface area contributed by atoms with Crippen LogP contribution in [0.2, 0.25) is 0 Å². The molecule has 2 aromatic carbocycles. The van der Waals surface area contributed by atoms with Gasteiger partial charge in [0.15, 0.2) is 0 Å². The van der Waals surface area contributed by atoms with Crippen molar-refractivity contribution in [2.75, 3.05) is 26.2 Å². The molecule has 1 aliphatic rings. The van der Waals surface area contributed by atoms with Crippen LogP contribution in [0.1, 0.15) is 48.6 Å². The standard InChI is InChI=1S/C25H31N5O4S/c1-17(2)28-35(32,33)22-11-9-21(10-12-22)25(31)30-15-13-29(14-16-30)19(4)24-26-23(27-34-24)20-7-5-18(3)6-8-20/h5-12,17,19,28H,13-16H2,1-4H3/t19-/m1/s1. The number of aryl methyl sites for hydroxylation is 1. The summed E-state index contributed by atoms with van der Waals surface area (Å²) in [7, 11) is -3.59. The van der Waals surface area contributed by atoms with E-state index in [-0.39, 0.29) is 22.9 Å². The van der Waals surface area contributed by atoms with E-state index >= 15 is 0 Å². The Morgan fingerprint density at radius 2 is 1.60 bits per heavy atom. The summed E-state index contributed by atoms with van der Waals surface area (Å²) in [6.45, 7) is 10.0. The number of rotatable bonds is 7. The Kier molecular flexibility index (Phi) is 7.34. The van der Waals surface area contributed by atoms with Gasteiger partial charge in [-0.25, -0.2) is 13.1 Å². The van der Waals surface area contributed by atoms with E-state index in [4.69, 9.17) is 4.52 Å². The highest BCUT2D eigenvalue weighted by molar-refractivity contribution is 7.89. The van der Waals surface area contributed by atoms with Gasteiger partial charge in [-0.3, -0.25) is 9.69 Å². The molecule has 1 atom stereocenters. The summed E-state index contributed by atoms with van der Waals surface area (Å²) in [5.74, 6) is 0.999. The third-order valence-corrected chi connectivity index (χ3v) is 7.73. The number of amides is 1. The fourth-order valence-corrected chi connectivity index (χ4v) is 5.28. The van der Waals surface area contributed by atoms with E-state index in [0.29, 0.717) is 43.5 Å². The average molecular weight is 498 g/mol. The molecule has 0 bridgehead atoms. The third kappa shape index (κ3) is 5.77. The van der Waals surface area contributed by atoms with Gasteiger partial charge in [-0.1, -0.05) is 35.0 Å². The molecule has 0 saturated carbocycles. The van der Waals surface area contributed by atoms with Crippen LogP contribution in [0, 0.1) is 6.92 Å². The molecule has 0 aliphatic carbocycles. The highest BCUT2D eigenvalue weighted by Gasteiger charge is 2.28. The van der Waals surface area contributed by atoms with Gasteiger partial charge in [-0.05, 0) is 52.0 Å². The smallest absolute Gasteiger partial charge is 0.253 e. The van der Waals surface area contributed by atoms with Gasteiger partial charge in [0.25, 0.3) is 5.91 Å². The van der Waals surface area contributed by atoms with E-state index in [1.807, 2.05) is 38.1 Å². The molecule has 0 unspecified atom stereocenters. The summed E-state index contributed by atoms with van der Waals surface area (Å²) >= 11 is 0. The van der Waals surface area contributed by atoms with Crippen LogP contribution in [0.3, 0.4) is 0 Å². The molecular formula is C25H31N5O4S. The molecule has 1 aliphatic heterocycles. The number of piperazine rings is 1. The molecule has 0 spiro atoms. The fraction of sp³-hybridized carbons (Fsp3) is 0.400. The Balaban J connectivity index is 1.35. The lowest BCUT2D eigenvalue weighted by Crippen LogP contribution is -2.49. The van der Waals surface area contributed by atoms with Crippen LogP contribution in [0.5, 0.6) is 0 Å². The Labute approximate surface area is 206 Å².